The van der Waals surface area contributed by atoms with E-state index in [1.165, 1.54) is 29.2 Å². The largest absolute Gasteiger partial charge is 0.481 e. The van der Waals surface area contributed by atoms with Gasteiger partial charge in [-0.25, -0.2) is 4.39 Å². The first kappa shape index (κ1) is 35.9. The molecule has 1 aliphatic rings. The zero-order valence-corrected chi connectivity index (χ0v) is 26.8. The lowest BCUT2D eigenvalue weighted by atomic mass is 9.97. The van der Waals surface area contributed by atoms with E-state index in [9.17, 15) is 38.3 Å². The number of nitrogens with two attached hydrogens (primary N) is 1. The molecule has 4 rings (SSSR count). The van der Waals surface area contributed by atoms with E-state index in [0.717, 1.165) is 10.9 Å². The molecule has 13 nitrogen and oxygen atoms in total. The zero-order valence-electron chi connectivity index (χ0n) is 26.0. The van der Waals surface area contributed by atoms with Gasteiger partial charge in [0.05, 0.1) is 0 Å². The van der Waals surface area contributed by atoms with Crippen LogP contribution >= 0.6 is 11.6 Å². The summed E-state index contributed by atoms with van der Waals surface area (Å²) in [6, 6.07) is 8.10. The summed E-state index contributed by atoms with van der Waals surface area (Å²) in [7, 11) is 0. The second-order valence-corrected chi connectivity index (χ2v) is 11.9. The number of carbonyl (C=O) groups is 6. The van der Waals surface area contributed by atoms with Gasteiger partial charge in [0.25, 0.3) is 0 Å². The number of likely N-dealkylation sites (tertiary alicyclic amines) is 1. The van der Waals surface area contributed by atoms with Crippen molar-refractivity contribution in [2.75, 3.05) is 12.4 Å². The lowest BCUT2D eigenvalue weighted by Gasteiger charge is -2.37. The molecule has 7 N–H and O–H groups in total. The van der Waals surface area contributed by atoms with Crippen molar-refractivity contribution in [2.45, 2.75) is 69.1 Å². The molecule has 5 amide bonds. The van der Waals surface area contributed by atoms with Crippen LogP contribution in [0.1, 0.15) is 43.2 Å². The van der Waals surface area contributed by atoms with Crippen molar-refractivity contribution >= 4 is 58.0 Å². The van der Waals surface area contributed by atoms with Crippen molar-refractivity contribution in [1.29, 1.82) is 0 Å². The van der Waals surface area contributed by atoms with Crippen LogP contribution in [0, 0.1) is 5.82 Å². The van der Waals surface area contributed by atoms with Crippen molar-refractivity contribution in [3.05, 3.63) is 71.7 Å². The highest BCUT2D eigenvalue weighted by Gasteiger charge is 2.38. The van der Waals surface area contributed by atoms with Gasteiger partial charge in [0.2, 0.25) is 29.5 Å². The number of nitrogens with one attached hydrogen (secondary N) is 4. The Morgan fingerprint density at radius 3 is 2.38 bits per heavy atom. The number of halogens is 2. The maximum Gasteiger partial charge on any atom is 0.303 e. The number of fused-ring (bicyclic) bond motifs is 1. The van der Waals surface area contributed by atoms with Crippen molar-refractivity contribution < 1.29 is 38.3 Å². The van der Waals surface area contributed by atoms with Crippen LogP contribution in [-0.4, -0.2) is 87.1 Å². The number of hydrogen-bond donors (Lipinski definition) is 6. The average molecular weight is 685 g/mol. The smallest absolute Gasteiger partial charge is 0.303 e. The van der Waals surface area contributed by atoms with E-state index in [4.69, 9.17) is 17.3 Å². The molecule has 0 spiro atoms. The van der Waals surface area contributed by atoms with Gasteiger partial charge in [-0.3, -0.25) is 28.8 Å². The predicted molar refractivity (Wildman–Crippen MR) is 174 cm³/mol. The molecule has 0 saturated carbocycles. The van der Waals surface area contributed by atoms with Crippen LogP contribution in [0.15, 0.2) is 54.7 Å². The van der Waals surface area contributed by atoms with Gasteiger partial charge in [-0.05, 0) is 55.0 Å². The second kappa shape index (κ2) is 16.7. The molecule has 48 heavy (non-hydrogen) atoms. The Hall–Kier alpha value is -4.98. The van der Waals surface area contributed by atoms with E-state index in [2.05, 4.69) is 20.9 Å². The molecular formula is C33H38ClFN6O7. The number of benzene rings is 2. The molecule has 3 aromatic rings. The van der Waals surface area contributed by atoms with E-state index in [0.29, 0.717) is 24.0 Å². The number of aromatic nitrogens is 1. The molecule has 1 aromatic heterocycles. The van der Waals surface area contributed by atoms with E-state index >= 15 is 0 Å². The average Bonchev–Trinajstić information content (AvgIpc) is 3.48. The van der Waals surface area contributed by atoms with Gasteiger partial charge in [0.1, 0.15) is 35.9 Å². The molecule has 2 aromatic carbocycles. The molecule has 1 fully saturated rings. The fourth-order valence-electron chi connectivity index (χ4n) is 5.78. The topological polar surface area (TPSA) is 204 Å². The Kier molecular flexibility index (Phi) is 12.5. The molecule has 1 aliphatic heterocycles. The number of amides is 5. The van der Waals surface area contributed by atoms with Gasteiger partial charge in [-0.2, -0.15) is 0 Å². The summed E-state index contributed by atoms with van der Waals surface area (Å²) in [5.74, 6) is -5.57. The first-order valence-electron chi connectivity index (χ1n) is 15.5. The van der Waals surface area contributed by atoms with Crippen molar-refractivity contribution in [1.82, 2.24) is 25.8 Å². The van der Waals surface area contributed by atoms with Crippen molar-refractivity contribution in [2.24, 2.45) is 5.73 Å². The van der Waals surface area contributed by atoms with Crippen molar-refractivity contribution in [3.8, 4) is 0 Å². The van der Waals surface area contributed by atoms with E-state index in [1.54, 1.807) is 6.20 Å². The lowest BCUT2D eigenvalue weighted by molar-refractivity contribution is -0.146. The van der Waals surface area contributed by atoms with Crippen LogP contribution in [-0.2, 0) is 41.6 Å². The Morgan fingerprint density at radius 1 is 0.958 bits per heavy atom. The van der Waals surface area contributed by atoms with Crippen LogP contribution in [0.3, 0.4) is 0 Å². The number of carbonyl (C=O) groups excluding carboxylic acids is 5. The summed E-state index contributed by atoms with van der Waals surface area (Å²) >= 11 is 5.62. The number of aromatic amines is 1. The van der Waals surface area contributed by atoms with E-state index in [1.807, 2.05) is 24.3 Å². The fourth-order valence-corrected chi connectivity index (χ4v) is 5.85. The Bertz CT molecular complexity index is 1650. The van der Waals surface area contributed by atoms with Crippen LogP contribution in [0.5, 0.6) is 0 Å². The van der Waals surface area contributed by atoms with Crippen LogP contribution in [0.4, 0.5) is 4.39 Å². The highest BCUT2D eigenvalue weighted by atomic mass is 35.5. The number of nitrogens with zero attached hydrogens (tertiary/aromatic N) is 1. The van der Waals surface area contributed by atoms with Crippen LogP contribution in [0.2, 0.25) is 0 Å². The van der Waals surface area contributed by atoms with Gasteiger partial charge < -0.3 is 36.7 Å². The summed E-state index contributed by atoms with van der Waals surface area (Å²) in [6.45, 7) is 0.165. The second-order valence-electron chi connectivity index (χ2n) is 11.6. The predicted octanol–water partition coefficient (Wildman–Crippen LogP) is 1.52. The molecule has 0 bridgehead atoms. The maximum absolute atomic E-state index is 13.9. The highest BCUT2D eigenvalue weighted by molar-refractivity contribution is 6.27. The summed E-state index contributed by atoms with van der Waals surface area (Å²) in [4.78, 5) is 81.5. The minimum atomic E-state index is -1.23. The van der Waals surface area contributed by atoms with Gasteiger partial charge in [-0.1, -0.05) is 30.3 Å². The van der Waals surface area contributed by atoms with Gasteiger partial charge in [0.15, 0.2) is 0 Å². The number of piperidine rings is 1. The number of primary amides is 1. The Labute approximate surface area is 280 Å². The number of carboxylic acids is 1. The zero-order chi connectivity index (χ0) is 34.8. The number of alkyl halides is 1. The minimum absolute atomic E-state index is 0.0112. The van der Waals surface area contributed by atoms with Gasteiger partial charge in [0, 0.05) is 42.9 Å². The van der Waals surface area contributed by atoms with Crippen LogP contribution < -0.4 is 21.7 Å². The number of aliphatic carboxylic acids is 1. The fraction of sp³-hybridized carbons (Fsp3) is 0.394. The quantitative estimate of drug-likeness (QED) is 0.130. The van der Waals surface area contributed by atoms with Gasteiger partial charge >= 0.3 is 5.97 Å². The summed E-state index contributed by atoms with van der Waals surface area (Å²) < 4.78 is 13.5. The molecule has 1 saturated heterocycles. The third-order valence-corrected chi connectivity index (χ3v) is 8.48. The standard InChI is InChI=1S/C33H38ClFN6O7/c34-17-28(42)38-24(12-13-29(43)44)33(48)41-14-4-3-7-27(41)32(47)40-26(16-20-18-37-23-6-2-1-5-22(20)23)31(46)39-25(30(36)45)15-19-8-10-21(35)11-9-19/h1-2,5-6,8-11,18,24-27,37H,3-4,7,12-17H2,(H2,36,45)(H,38,42)(H,39,46)(H,40,47)(H,43,44)/t24-,25-,26-,27-/m0/s1. The maximum atomic E-state index is 13.9. The molecule has 15 heteroatoms. The Balaban J connectivity index is 1.58. The first-order chi connectivity index (χ1) is 23.0. The highest BCUT2D eigenvalue weighted by Crippen LogP contribution is 2.22. The minimum Gasteiger partial charge on any atom is -0.481 e. The SMILES string of the molecule is NC(=O)[C@H](Cc1ccc(F)cc1)NC(=O)[C@H](Cc1c[nH]c2ccccc12)NC(=O)[C@@H]1CCCCN1C(=O)[C@H](CCC(=O)O)NC(=O)CCl. The molecule has 4 atom stereocenters. The van der Waals surface area contributed by atoms with E-state index in [-0.39, 0.29) is 32.2 Å². The summed E-state index contributed by atoms with van der Waals surface area (Å²) in [5.41, 5.74) is 7.68. The molecule has 0 unspecified atom stereocenters. The molecule has 2 heterocycles. The third kappa shape index (κ3) is 9.53. The Morgan fingerprint density at radius 2 is 1.69 bits per heavy atom. The van der Waals surface area contributed by atoms with Crippen molar-refractivity contribution in [3.63, 3.8) is 0 Å². The number of H-pyrrole nitrogens is 1. The lowest BCUT2D eigenvalue weighted by Crippen LogP contribution is -2.60. The molecular weight excluding hydrogens is 647 g/mol. The monoisotopic (exact) mass is 684 g/mol. The molecule has 0 aliphatic carbocycles. The first-order valence-corrected chi connectivity index (χ1v) is 16.1. The number of hydrogen-bond acceptors (Lipinski definition) is 6. The molecule has 0 radical (unpaired) electrons. The molecule has 256 valence electrons. The summed E-state index contributed by atoms with van der Waals surface area (Å²) in [6.07, 6.45) is 2.49. The third-order valence-electron chi connectivity index (χ3n) is 8.24. The van der Waals surface area contributed by atoms with Crippen LogP contribution in [0.25, 0.3) is 10.9 Å². The van der Waals surface area contributed by atoms with E-state index < -0.39 is 77.8 Å². The number of carboxylic acid groups (broad SMARTS) is 1. The normalized spacial score (nSPS) is 16.4. The number of rotatable bonds is 15. The van der Waals surface area contributed by atoms with Gasteiger partial charge in [-0.15, -0.1) is 11.6 Å². The summed E-state index contributed by atoms with van der Waals surface area (Å²) in [5, 5.41) is 17.8. The number of para-hydroxylation sites is 1.